The van der Waals surface area contributed by atoms with Crippen molar-refractivity contribution >= 4 is 0 Å². The van der Waals surface area contributed by atoms with Gasteiger partial charge in [-0.3, -0.25) is 0 Å². The minimum absolute atomic E-state index is 0.0789. The summed E-state index contributed by atoms with van der Waals surface area (Å²) in [5.41, 5.74) is -0.270. The van der Waals surface area contributed by atoms with Gasteiger partial charge in [0.1, 0.15) is 0 Å². The van der Waals surface area contributed by atoms with Crippen LogP contribution in [0.15, 0.2) is 6.20 Å². The maximum absolute atomic E-state index is 9.14. The fourth-order valence-electron chi connectivity index (χ4n) is 1.18. The van der Waals surface area contributed by atoms with E-state index >= 15 is 0 Å². The van der Waals surface area contributed by atoms with Gasteiger partial charge in [-0.05, 0) is 6.92 Å². The fraction of sp³-hybridized carbons (Fsp3) is 0.727. The van der Waals surface area contributed by atoms with E-state index < -0.39 is 0 Å². The lowest BCUT2D eigenvalue weighted by molar-refractivity contribution is 0.0903. The van der Waals surface area contributed by atoms with Crippen molar-refractivity contribution in [3.05, 3.63) is 6.20 Å². The molecule has 92 valence electrons. The topological polar surface area (TPSA) is 56.5 Å². The highest BCUT2D eigenvalue weighted by Crippen LogP contribution is 2.28. The second-order valence-electron chi connectivity index (χ2n) is 4.44. The molecule has 1 aromatic rings. The number of aliphatic hydroxyl groups excluding tert-OH is 1. The highest BCUT2D eigenvalue weighted by Gasteiger charge is 2.20. The van der Waals surface area contributed by atoms with Crippen molar-refractivity contribution < 1.29 is 14.6 Å². The van der Waals surface area contributed by atoms with Crippen LogP contribution in [0, 0.1) is 5.41 Å². The van der Waals surface area contributed by atoms with Crippen LogP contribution >= 0.6 is 0 Å². The van der Waals surface area contributed by atoms with E-state index in [4.69, 9.17) is 14.6 Å². The number of methoxy groups -OCH3 is 1. The number of aromatic nitrogens is 2. The molecule has 0 radical (unpaired) electrons. The number of aryl methyl sites for hydroxylation is 1. The molecule has 1 rings (SSSR count). The SMILES string of the molecule is CCn1ncc(OC)c1OCC(C)(C)CO. The van der Waals surface area contributed by atoms with Gasteiger partial charge in [-0.1, -0.05) is 13.8 Å². The summed E-state index contributed by atoms with van der Waals surface area (Å²) < 4.78 is 12.5. The Hall–Kier alpha value is -1.23. The molecule has 0 aromatic carbocycles. The van der Waals surface area contributed by atoms with Gasteiger partial charge in [0.15, 0.2) is 0 Å². The second-order valence-corrected chi connectivity index (χ2v) is 4.44. The van der Waals surface area contributed by atoms with E-state index in [1.165, 1.54) is 0 Å². The first-order chi connectivity index (χ1) is 7.54. The van der Waals surface area contributed by atoms with Crippen LogP contribution < -0.4 is 9.47 Å². The highest BCUT2D eigenvalue weighted by atomic mass is 16.5. The zero-order valence-electron chi connectivity index (χ0n) is 10.4. The van der Waals surface area contributed by atoms with Crippen LogP contribution in [0.3, 0.4) is 0 Å². The summed E-state index contributed by atoms with van der Waals surface area (Å²) >= 11 is 0. The lowest BCUT2D eigenvalue weighted by Gasteiger charge is -2.22. The van der Waals surface area contributed by atoms with Crippen molar-refractivity contribution in [2.24, 2.45) is 5.41 Å². The standard InChI is InChI=1S/C11H20N2O3/c1-5-13-10(9(15-4)6-12-13)16-8-11(2,3)7-14/h6,14H,5,7-8H2,1-4H3. The third-order valence-electron chi connectivity index (χ3n) is 2.31. The third-order valence-corrected chi connectivity index (χ3v) is 2.31. The van der Waals surface area contributed by atoms with E-state index in [0.717, 1.165) is 6.54 Å². The Morgan fingerprint density at radius 3 is 2.69 bits per heavy atom. The molecule has 1 heterocycles. The van der Waals surface area contributed by atoms with Crippen LogP contribution in [0.25, 0.3) is 0 Å². The van der Waals surface area contributed by atoms with Gasteiger partial charge in [0.2, 0.25) is 5.75 Å². The smallest absolute Gasteiger partial charge is 0.255 e. The Morgan fingerprint density at radius 2 is 2.19 bits per heavy atom. The van der Waals surface area contributed by atoms with Gasteiger partial charge in [-0.2, -0.15) is 5.10 Å². The predicted molar refractivity (Wildman–Crippen MR) is 60.8 cm³/mol. The summed E-state index contributed by atoms with van der Waals surface area (Å²) in [5.74, 6) is 1.24. The Kier molecular flexibility index (Phi) is 4.18. The molecule has 0 fully saturated rings. The zero-order valence-corrected chi connectivity index (χ0v) is 10.4. The van der Waals surface area contributed by atoms with E-state index in [2.05, 4.69) is 5.10 Å². The molecule has 5 heteroatoms. The molecule has 0 bridgehead atoms. The molecule has 0 aliphatic rings. The van der Waals surface area contributed by atoms with Gasteiger partial charge >= 0.3 is 0 Å². The molecule has 16 heavy (non-hydrogen) atoms. The van der Waals surface area contributed by atoms with Gasteiger partial charge < -0.3 is 14.6 Å². The van der Waals surface area contributed by atoms with Crippen LogP contribution in [0.2, 0.25) is 0 Å². The molecule has 0 aliphatic carbocycles. The number of nitrogens with zero attached hydrogens (tertiary/aromatic N) is 2. The second kappa shape index (κ2) is 5.21. The molecule has 0 saturated heterocycles. The van der Waals surface area contributed by atoms with Crippen molar-refractivity contribution in [2.45, 2.75) is 27.3 Å². The Morgan fingerprint density at radius 1 is 1.50 bits per heavy atom. The summed E-state index contributed by atoms with van der Waals surface area (Å²) in [6.07, 6.45) is 1.63. The zero-order chi connectivity index (χ0) is 12.2. The van der Waals surface area contributed by atoms with Crippen molar-refractivity contribution in [1.82, 2.24) is 9.78 Å². The molecule has 0 spiro atoms. The van der Waals surface area contributed by atoms with Gasteiger partial charge in [0.05, 0.1) is 26.5 Å². The third kappa shape index (κ3) is 2.88. The molecule has 0 unspecified atom stereocenters. The molecule has 1 aromatic heterocycles. The minimum Gasteiger partial charge on any atom is -0.490 e. The largest absolute Gasteiger partial charge is 0.490 e. The first-order valence-electron chi connectivity index (χ1n) is 5.37. The van der Waals surface area contributed by atoms with E-state index in [1.807, 2.05) is 20.8 Å². The molecule has 0 saturated carbocycles. The maximum Gasteiger partial charge on any atom is 0.255 e. The summed E-state index contributed by atoms with van der Waals surface area (Å²) in [5, 5.41) is 13.3. The summed E-state index contributed by atoms with van der Waals surface area (Å²) in [6.45, 7) is 7.08. The number of hydrogen-bond acceptors (Lipinski definition) is 4. The van der Waals surface area contributed by atoms with E-state index in [-0.39, 0.29) is 12.0 Å². The fourth-order valence-corrected chi connectivity index (χ4v) is 1.18. The van der Waals surface area contributed by atoms with Crippen LogP contribution in [0.5, 0.6) is 11.6 Å². The molecule has 0 amide bonds. The van der Waals surface area contributed by atoms with Crippen molar-refractivity contribution in [2.75, 3.05) is 20.3 Å². The van der Waals surface area contributed by atoms with Crippen LogP contribution in [0.4, 0.5) is 0 Å². The predicted octanol–water partition coefficient (Wildman–Crippen LogP) is 1.31. The van der Waals surface area contributed by atoms with Gasteiger partial charge in [-0.15, -0.1) is 0 Å². The summed E-state index contributed by atoms with van der Waals surface area (Å²) in [6, 6.07) is 0. The van der Waals surface area contributed by atoms with Crippen LogP contribution in [-0.2, 0) is 6.54 Å². The summed E-state index contributed by atoms with van der Waals surface area (Å²) in [7, 11) is 1.58. The lowest BCUT2D eigenvalue weighted by Crippen LogP contribution is -2.26. The Bertz CT molecular complexity index is 312. The van der Waals surface area contributed by atoms with Crippen LogP contribution in [0.1, 0.15) is 20.8 Å². The van der Waals surface area contributed by atoms with Crippen LogP contribution in [-0.4, -0.2) is 35.2 Å². The summed E-state index contributed by atoms with van der Waals surface area (Å²) in [4.78, 5) is 0. The molecule has 0 atom stereocenters. The first-order valence-corrected chi connectivity index (χ1v) is 5.37. The van der Waals surface area contributed by atoms with E-state index in [0.29, 0.717) is 18.2 Å². The van der Waals surface area contributed by atoms with Gasteiger partial charge in [-0.25, -0.2) is 4.68 Å². The monoisotopic (exact) mass is 228 g/mol. The van der Waals surface area contributed by atoms with E-state index in [1.54, 1.807) is 18.0 Å². The number of aliphatic hydroxyl groups is 1. The van der Waals surface area contributed by atoms with Crippen molar-refractivity contribution in [3.8, 4) is 11.6 Å². The average molecular weight is 228 g/mol. The quantitative estimate of drug-likeness (QED) is 0.797. The number of ether oxygens (including phenoxy) is 2. The molecule has 1 N–H and O–H groups in total. The molecule has 0 aliphatic heterocycles. The first kappa shape index (κ1) is 12.8. The lowest BCUT2D eigenvalue weighted by atomic mass is 9.97. The average Bonchev–Trinajstić information content (AvgIpc) is 2.68. The number of rotatable bonds is 6. The minimum atomic E-state index is -0.270. The Labute approximate surface area is 96.0 Å². The molecular formula is C11H20N2O3. The number of hydrogen-bond donors (Lipinski definition) is 1. The molecular weight excluding hydrogens is 208 g/mol. The van der Waals surface area contributed by atoms with Gasteiger partial charge in [0.25, 0.3) is 5.88 Å². The van der Waals surface area contributed by atoms with Crippen molar-refractivity contribution in [3.63, 3.8) is 0 Å². The normalized spacial score (nSPS) is 11.6. The highest BCUT2D eigenvalue weighted by molar-refractivity contribution is 5.31. The molecule has 5 nitrogen and oxygen atoms in total. The van der Waals surface area contributed by atoms with Gasteiger partial charge in [0, 0.05) is 12.0 Å². The maximum atomic E-state index is 9.14. The Balaban J connectivity index is 2.75. The van der Waals surface area contributed by atoms with Crippen molar-refractivity contribution in [1.29, 1.82) is 0 Å². The van der Waals surface area contributed by atoms with E-state index in [9.17, 15) is 0 Å².